The van der Waals surface area contributed by atoms with Crippen molar-refractivity contribution in [2.24, 2.45) is 0 Å². The van der Waals surface area contributed by atoms with Crippen LogP contribution in [0, 0.1) is 13.8 Å². The lowest BCUT2D eigenvalue weighted by molar-refractivity contribution is 0.419. The molecule has 0 unspecified atom stereocenters. The number of hydrogen-bond acceptors (Lipinski definition) is 2. The van der Waals surface area contributed by atoms with E-state index in [1.54, 1.807) is 7.11 Å². The molecule has 0 aliphatic carbocycles. The molecule has 0 N–H and O–H groups in total. The number of aromatic nitrogens is 1. The molecule has 86 valence electrons. The molecule has 2 nitrogen and oxygen atoms in total. The summed E-state index contributed by atoms with van der Waals surface area (Å²) in [4.78, 5) is 4.45. The summed E-state index contributed by atoms with van der Waals surface area (Å²) in [6.07, 6.45) is 0. The summed E-state index contributed by atoms with van der Waals surface area (Å²) in [6.45, 7) is 8.04. The highest BCUT2D eigenvalue weighted by atomic mass is 16.5. The van der Waals surface area contributed by atoms with Crippen LogP contribution in [0.4, 0.5) is 0 Å². The monoisotopic (exact) mass is 217 g/mol. The molecule has 0 saturated heterocycles. The second kappa shape index (κ2) is 5.50. The molecular weight excluding hydrogens is 198 g/mol. The molecule has 2 heteroatoms. The molecule has 0 saturated carbocycles. The van der Waals surface area contributed by atoms with Crippen molar-refractivity contribution in [3.05, 3.63) is 35.5 Å². The van der Waals surface area contributed by atoms with Crippen molar-refractivity contribution < 1.29 is 4.74 Å². The molecule has 0 aliphatic rings. The molecule has 0 bridgehead atoms. The summed E-state index contributed by atoms with van der Waals surface area (Å²) >= 11 is 0. The third-order valence-corrected chi connectivity index (χ3v) is 2.27. The van der Waals surface area contributed by atoms with E-state index in [1.807, 2.05) is 32.9 Å². The highest BCUT2D eigenvalue weighted by molar-refractivity contribution is 5.85. The number of rotatable bonds is 1. The van der Waals surface area contributed by atoms with Gasteiger partial charge in [-0.1, -0.05) is 25.5 Å². The van der Waals surface area contributed by atoms with Gasteiger partial charge in [-0.25, -0.2) is 0 Å². The number of fused-ring (bicyclic) bond motifs is 1. The third kappa shape index (κ3) is 2.51. The van der Waals surface area contributed by atoms with Crippen LogP contribution < -0.4 is 4.74 Å². The molecule has 1 aromatic carbocycles. The van der Waals surface area contributed by atoms with Crippen LogP contribution in [0.25, 0.3) is 10.9 Å². The van der Waals surface area contributed by atoms with Crippen LogP contribution in [0.5, 0.6) is 5.75 Å². The number of benzene rings is 1. The lowest BCUT2D eigenvalue weighted by Gasteiger charge is -2.06. The van der Waals surface area contributed by atoms with Gasteiger partial charge in [-0.2, -0.15) is 0 Å². The van der Waals surface area contributed by atoms with Crippen LogP contribution in [-0.2, 0) is 0 Å². The van der Waals surface area contributed by atoms with Crippen molar-refractivity contribution in [3.63, 3.8) is 0 Å². The standard InChI is InChI=1S/C12H13NO.C2H6/c1-8-4-5-11-10(6-8)12(14-3)7-9(2)13-11;1-2/h4-7H,1-3H3;1-2H3. The zero-order chi connectivity index (χ0) is 12.1. The fourth-order valence-corrected chi connectivity index (χ4v) is 1.60. The van der Waals surface area contributed by atoms with E-state index >= 15 is 0 Å². The second-order valence-corrected chi connectivity index (χ2v) is 3.49. The first-order chi connectivity index (χ1) is 7.70. The topological polar surface area (TPSA) is 22.1 Å². The van der Waals surface area contributed by atoms with Gasteiger partial charge in [0.05, 0.1) is 12.6 Å². The molecule has 0 fully saturated rings. The predicted octanol–water partition coefficient (Wildman–Crippen LogP) is 3.89. The van der Waals surface area contributed by atoms with Crippen LogP contribution >= 0.6 is 0 Å². The lowest BCUT2D eigenvalue weighted by Crippen LogP contribution is -1.90. The van der Waals surface area contributed by atoms with E-state index in [4.69, 9.17) is 4.74 Å². The van der Waals surface area contributed by atoms with Crippen molar-refractivity contribution in [3.8, 4) is 5.75 Å². The molecule has 2 rings (SSSR count). The second-order valence-electron chi connectivity index (χ2n) is 3.49. The molecule has 0 aliphatic heterocycles. The maximum atomic E-state index is 5.32. The minimum absolute atomic E-state index is 0.899. The van der Waals surface area contributed by atoms with Gasteiger partial charge < -0.3 is 4.74 Å². The molecule has 16 heavy (non-hydrogen) atoms. The zero-order valence-electron chi connectivity index (χ0n) is 10.7. The first kappa shape index (κ1) is 12.5. The molecule has 0 spiro atoms. The number of ether oxygens (including phenoxy) is 1. The number of aryl methyl sites for hydroxylation is 2. The van der Waals surface area contributed by atoms with E-state index in [1.165, 1.54) is 5.56 Å². The van der Waals surface area contributed by atoms with Crippen LogP contribution in [-0.4, -0.2) is 12.1 Å². The van der Waals surface area contributed by atoms with Crippen molar-refractivity contribution in [2.75, 3.05) is 7.11 Å². The van der Waals surface area contributed by atoms with E-state index in [0.29, 0.717) is 0 Å². The minimum Gasteiger partial charge on any atom is -0.496 e. The number of hydrogen-bond donors (Lipinski definition) is 0. The van der Waals surface area contributed by atoms with Crippen molar-refractivity contribution in [2.45, 2.75) is 27.7 Å². The summed E-state index contributed by atoms with van der Waals surface area (Å²) in [5, 5.41) is 1.08. The Morgan fingerprint density at radius 1 is 1.06 bits per heavy atom. The Bertz CT molecular complexity index is 477. The van der Waals surface area contributed by atoms with Crippen molar-refractivity contribution in [1.82, 2.24) is 4.98 Å². The Morgan fingerprint density at radius 3 is 2.38 bits per heavy atom. The predicted molar refractivity (Wildman–Crippen MR) is 69.1 cm³/mol. The van der Waals surface area contributed by atoms with Gasteiger partial charge in [0.15, 0.2) is 0 Å². The lowest BCUT2D eigenvalue weighted by atomic mass is 10.1. The average molecular weight is 217 g/mol. The molecule has 1 heterocycles. The van der Waals surface area contributed by atoms with E-state index in [2.05, 4.69) is 24.0 Å². The fraction of sp³-hybridized carbons (Fsp3) is 0.357. The van der Waals surface area contributed by atoms with Crippen molar-refractivity contribution >= 4 is 10.9 Å². The first-order valence-electron chi connectivity index (χ1n) is 5.62. The van der Waals surface area contributed by atoms with Gasteiger partial charge in [0.25, 0.3) is 0 Å². The Morgan fingerprint density at radius 2 is 1.75 bits per heavy atom. The molecule has 0 amide bonds. The van der Waals surface area contributed by atoms with E-state index in [0.717, 1.165) is 22.3 Å². The highest BCUT2D eigenvalue weighted by Gasteiger charge is 2.03. The minimum atomic E-state index is 0.899. The van der Waals surface area contributed by atoms with Crippen LogP contribution in [0.3, 0.4) is 0 Å². The zero-order valence-corrected chi connectivity index (χ0v) is 10.7. The largest absolute Gasteiger partial charge is 0.496 e. The third-order valence-electron chi connectivity index (χ3n) is 2.27. The molecule has 0 atom stereocenters. The van der Waals surface area contributed by atoms with Crippen LogP contribution in [0.1, 0.15) is 25.1 Å². The van der Waals surface area contributed by atoms with Gasteiger partial charge in [0.1, 0.15) is 5.75 Å². The van der Waals surface area contributed by atoms with Gasteiger partial charge >= 0.3 is 0 Å². The van der Waals surface area contributed by atoms with E-state index in [9.17, 15) is 0 Å². The quantitative estimate of drug-likeness (QED) is 0.723. The van der Waals surface area contributed by atoms with E-state index in [-0.39, 0.29) is 0 Å². The van der Waals surface area contributed by atoms with Gasteiger partial charge in [-0.15, -0.1) is 0 Å². The summed E-state index contributed by atoms with van der Waals surface area (Å²) in [7, 11) is 1.69. The smallest absolute Gasteiger partial charge is 0.130 e. The Hall–Kier alpha value is -1.57. The SMILES string of the molecule is CC.COc1cc(C)nc2ccc(C)cc12. The van der Waals surface area contributed by atoms with Gasteiger partial charge in [0.2, 0.25) is 0 Å². The Kier molecular flexibility index (Phi) is 4.29. The van der Waals surface area contributed by atoms with Crippen molar-refractivity contribution in [1.29, 1.82) is 0 Å². The van der Waals surface area contributed by atoms with Gasteiger partial charge in [0, 0.05) is 17.1 Å². The summed E-state index contributed by atoms with van der Waals surface area (Å²) in [6, 6.07) is 8.15. The first-order valence-corrected chi connectivity index (χ1v) is 5.62. The highest BCUT2D eigenvalue weighted by Crippen LogP contribution is 2.25. The van der Waals surface area contributed by atoms with Crippen LogP contribution in [0.2, 0.25) is 0 Å². The van der Waals surface area contributed by atoms with Gasteiger partial charge in [-0.3, -0.25) is 4.98 Å². The summed E-state index contributed by atoms with van der Waals surface area (Å²) in [5.41, 5.74) is 3.20. The Labute approximate surface area is 97.3 Å². The fourth-order valence-electron chi connectivity index (χ4n) is 1.60. The summed E-state index contributed by atoms with van der Waals surface area (Å²) in [5.74, 6) is 0.899. The molecule has 1 aromatic heterocycles. The maximum absolute atomic E-state index is 5.32. The Balaban J connectivity index is 0.000000606. The number of methoxy groups -OCH3 is 1. The van der Waals surface area contributed by atoms with E-state index < -0.39 is 0 Å². The molecule has 2 aromatic rings. The maximum Gasteiger partial charge on any atom is 0.130 e. The summed E-state index contributed by atoms with van der Waals surface area (Å²) < 4.78 is 5.32. The molecule has 0 radical (unpaired) electrons. The average Bonchev–Trinajstić information content (AvgIpc) is 2.31. The van der Waals surface area contributed by atoms with Crippen LogP contribution in [0.15, 0.2) is 24.3 Å². The normalized spacial score (nSPS) is 9.56. The van der Waals surface area contributed by atoms with Gasteiger partial charge in [-0.05, 0) is 26.0 Å². The molecular formula is C14H19NO. The number of nitrogens with zero attached hydrogens (tertiary/aromatic N) is 1. The number of pyridine rings is 1.